The van der Waals surface area contributed by atoms with Crippen LogP contribution in [-0.2, 0) is 0 Å². The highest BCUT2D eigenvalue weighted by atomic mass is 19.2. The molecule has 17 nitrogen and oxygen atoms in total. The van der Waals surface area contributed by atoms with Crippen LogP contribution in [0.15, 0.2) is 42.5 Å². The van der Waals surface area contributed by atoms with Crippen molar-refractivity contribution in [3.63, 3.8) is 0 Å². The number of phenolic OH excluding ortho intramolecular Hbond substituents is 2. The fourth-order valence-electron chi connectivity index (χ4n) is 16.7. The summed E-state index contributed by atoms with van der Waals surface area (Å²) in [4.78, 5) is 35.3. The van der Waals surface area contributed by atoms with Crippen LogP contribution in [0.5, 0.6) is 23.5 Å². The van der Waals surface area contributed by atoms with Crippen LogP contribution in [0.25, 0.3) is 65.9 Å². The molecule has 0 radical (unpaired) electrons. The maximum atomic E-state index is 18.1. The van der Waals surface area contributed by atoms with Crippen molar-refractivity contribution in [2.45, 2.75) is 118 Å². The summed E-state index contributed by atoms with van der Waals surface area (Å²) in [6.07, 6.45) is 15.3. The number of anilines is 3. The molecule has 462 valence electrons. The molecule has 4 aromatic carbocycles. The maximum absolute atomic E-state index is 18.1. The summed E-state index contributed by atoms with van der Waals surface area (Å²) >= 11 is 0. The van der Waals surface area contributed by atoms with Crippen LogP contribution in [0.3, 0.4) is 0 Å². The largest absolute Gasteiger partial charge is 0.508 e. The lowest BCUT2D eigenvalue weighted by molar-refractivity contribution is 0.0848. The number of nitrogen functional groups attached to an aromatic ring is 1. The molecule has 90 heavy (non-hydrogen) atoms. The van der Waals surface area contributed by atoms with Gasteiger partial charge in [-0.15, -0.1) is 12.8 Å². The van der Waals surface area contributed by atoms with Crippen molar-refractivity contribution in [1.82, 2.24) is 50.3 Å². The van der Waals surface area contributed by atoms with Gasteiger partial charge in [-0.05, 0) is 111 Å². The Bertz CT molecular complexity index is 4450. The summed E-state index contributed by atoms with van der Waals surface area (Å²) in [5.41, 5.74) is 2.90. The first kappa shape index (κ1) is 56.7. The highest BCUT2D eigenvalue weighted by Gasteiger charge is 2.55. The average Bonchev–Trinajstić information content (AvgIpc) is 1.45. The Morgan fingerprint density at radius 3 is 1.83 bits per heavy atom. The second-order valence-electron chi connectivity index (χ2n) is 25.8. The van der Waals surface area contributed by atoms with E-state index in [-0.39, 0.29) is 158 Å². The number of nitrogens with one attached hydrogen (secondary N) is 2. The smallest absolute Gasteiger partial charge is 0.319 e. The first-order valence-electron chi connectivity index (χ1n) is 30.6. The summed E-state index contributed by atoms with van der Waals surface area (Å²) in [5, 5.41) is 30.0. The van der Waals surface area contributed by atoms with Crippen molar-refractivity contribution in [3.8, 4) is 70.7 Å². The number of alkyl halides is 2. The molecule has 4 bridgehead atoms. The van der Waals surface area contributed by atoms with E-state index in [4.69, 9.17) is 38.0 Å². The molecule has 4 aromatic heterocycles. The predicted molar refractivity (Wildman–Crippen MR) is 323 cm³/mol. The van der Waals surface area contributed by atoms with Crippen molar-refractivity contribution in [1.29, 1.82) is 0 Å². The van der Waals surface area contributed by atoms with Crippen molar-refractivity contribution in [2.24, 2.45) is 0 Å². The van der Waals surface area contributed by atoms with Gasteiger partial charge < -0.3 is 45.9 Å². The number of terminal acetylenes is 2. The molecule has 5 unspecified atom stereocenters. The Morgan fingerprint density at radius 2 is 1.18 bits per heavy atom. The molecule has 0 saturated carbocycles. The number of fused-ring (bicyclic) bond motifs is 10. The van der Waals surface area contributed by atoms with Gasteiger partial charge in [0.15, 0.2) is 11.6 Å². The van der Waals surface area contributed by atoms with E-state index in [0.717, 1.165) is 50.8 Å². The Kier molecular flexibility index (Phi) is 13.2. The van der Waals surface area contributed by atoms with Crippen LogP contribution in [-0.4, -0.2) is 157 Å². The summed E-state index contributed by atoms with van der Waals surface area (Å²) in [7, 11) is 0. The number of aromatic hydroxyl groups is 2. The van der Waals surface area contributed by atoms with Gasteiger partial charge in [-0.3, -0.25) is 9.80 Å². The van der Waals surface area contributed by atoms with E-state index < -0.39 is 75.6 Å². The van der Waals surface area contributed by atoms with Gasteiger partial charge in [0, 0.05) is 104 Å². The summed E-state index contributed by atoms with van der Waals surface area (Å²) in [5.74, 6) is -0.727. The topological polar surface area (TPSA) is 199 Å². The number of pyridine rings is 2. The molecule has 9 atom stereocenters. The third-order valence-corrected chi connectivity index (χ3v) is 20.5. The third-order valence-electron chi connectivity index (χ3n) is 20.5. The summed E-state index contributed by atoms with van der Waals surface area (Å²) in [6, 6.07) is 7.77. The second-order valence-corrected chi connectivity index (χ2v) is 25.8. The van der Waals surface area contributed by atoms with E-state index >= 15 is 26.3 Å². The Labute approximate surface area is 511 Å². The third kappa shape index (κ3) is 8.97. The minimum Gasteiger partial charge on any atom is -0.508 e. The molecule has 8 aliphatic heterocycles. The molecule has 8 aromatic rings. The van der Waals surface area contributed by atoms with Crippen LogP contribution in [0.2, 0.25) is 0 Å². The zero-order valence-electron chi connectivity index (χ0n) is 48.6. The summed E-state index contributed by atoms with van der Waals surface area (Å²) in [6.45, 7) is 2.46. The predicted octanol–water partition coefficient (Wildman–Crippen LogP) is 9.19. The Morgan fingerprint density at radius 1 is 0.611 bits per heavy atom. The molecular formula is C66H60F7N13O4. The fourth-order valence-corrected chi connectivity index (χ4v) is 16.7. The molecule has 6 N–H and O–H groups in total. The number of hydrogen-bond acceptors (Lipinski definition) is 17. The van der Waals surface area contributed by atoms with Gasteiger partial charge >= 0.3 is 12.0 Å². The van der Waals surface area contributed by atoms with Gasteiger partial charge in [0.2, 0.25) is 5.95 Å². The SMILES string of the molecule is C#Cc1c(F)ccc2cc(O)cc(-c3nc(F)c4c(N5CC6CCC(C5)N6)nc(OC[C@@]56CCC(c7cc(F)c(C#C)c8c(-c9nc(N)c%10c(N%11CC%12CCC(C%11)N%12)nc(OC[C@@]%11%12CCCN%11C[C@H](F)C%12)nc%10c9F)cc(O)cc78)N5C[C@H](F)C6)nc4c3F)c12. The lowest BCUT2D eigenvalue weighted by atomic mass is 9.89. The van der Waals surface area contributed by atoms with Crippen LogP contribution in [0.1, 0.15) is 86.9 Å². The quantitative estimate of drug-likeness (QED) is 0.0466. The number of nitrogens with zero attached hydrogens (tertiary/aromatic N) is 10. The van der Waals surface area contributed by atoms with E-state index in [0.29, 0.717) is 56.9 Å². The Hall–Kier alpha value is -8.55. The lowest BCUT2D eigenvalue weighted by Gasteiger charge is -2.35. The lowest BCUT2D eigenvalue weighted by Crippen LogP contribution is -2.51. The zero-order chi connectivity index (χ0) is 61.8. The molecule has 12 heterocycles. The molecule has 16 rings (SSSR count). The summed E-state index contributed by atoms with van der Waals surface area (Å²) < 4.78 is 129. The molecule has 0 amide bonds. The van der Waals surface area contributed by atoms with Crippen LogP contribution < -0.4 is 35.6 Å². The maximum Gasteiger partial charge on any atom is 0.319 e. The standard InChI is InChI=1S/C66H60F7N13O4/c1-3-40-46(69)11-6-31-16-38(87)18-44(49(31)40)55-53(71)57-51(59(73)77-55)61(83-25-34-7-8-35(26-83)75-34)81-63(79-57)90-30-66-14-12-48(86(66)24-33(68)22-66)42-20-47(70)41(4-2)50-43(42)17-39(88)19-45(50)56-54(72)58-52(60(74)78-56)62(84-27-36-9-10-37(28-84)76-36)82-64(80-58)89-29-65-13-5-15-85(65)23-32(67)21-65/h1-2,6,11,16-20,32-37,48,75-76,87-88H,5,7-10,12-15,21-30H2,(H2,74,78)/t32-,33-,34?,35?,36?,37?,48?,65+,66+/m1/s1. The van der Waals surface area contributed by atoms with Gasteiger partial charge in [0.25, 0.3) is 0 Å². The molecule has 24 heteroatoms. The number of halogens is 7. The first-order chi connectivity index (χ1) is 43.4. The van der Waals surface area contributed by atoms with Crippen LogP contribution in [0.4, 0.5) is 48.2 Å². The number of piperazine rings is 2. The normalized spacial score (nSPS) is 27.1. The molecule has 8 aliphatic rings. The number of hydrogen-bond donors (Lipinski definition) is 5. The monoisotopic (exact) mass is 1230 g/mol. The molecular weight excluding hydrogens is 1170 g/mol. The van der Waals surface area contributed by atoms with E-state index in [9.17, 15) is 14.6 Å². The number of aromatic nitrogens is 6. The van der Waals surface area contributed by atoms with Gasteiger partial charge in [0.1, 0.15) is 94.0 Å². The van der Waals surface area contributed by atoms with Gasteiger partial charge in [-0.1, -0.05) is 17.9 Å². The van der Waals surface area contributed by atoms with Gasteiger partial charge in [-0.25, -0.2) is 36.3 Å². The molecule has 8 fully saturated rings. The molecule has 0 spiro atoms. The van der Waals surface area contributed by atoms with E-state index in [1.54, 1.807) is 0 Å². The van der Waals surface area contributed by atoms with Crippen LogP contribution in [0, 0.1) is 53.9 Å². The van der Waals surface area contributed by atoms with E-state index in [2.05, 4.69) is 47.3 Å². The van der Waals surface area contributed by atoms with Crippen LogP contribution >= 0.6 is 0 Å². The van der Waals surface area contributed by atoms with E-state index in [1.807, 2.05) is 14.7 Å². The van der Waals surface area contributed by atoms with Crippen molar-refractivity contribution < 1.29 is 50.4 Å². The van der Waals surface area contributed by atoms with Crippen molar-refractivity contribution in [2.75, 3.05) is 74.6 Å². The fraction of sp³-hybridized carbons (Fsp3) is 0.424. The van der Waals surface area contributed by atoms with Gasteiger partial charge in [0.05, 0.1) is 27.6 Å². The van der Waals surface area contributed by atoms with Crippen molar-refractivity contribution >= 4 is 60.8 Å². The highest BCUT2D eigenvalue weighted by molar-refractivity contribution is 6.07. The van der Waals surface area contributed by atoms with E-state index in [1.165, 1.54) is 30.3 Å². The van der Waals surface area contributed by atoms with Gasteiger partial charge in [-0.2, -0.15) is 24.3 Å². The number of ether oxygens (including phenoxy) is 2. The number of nitrogens with two attached hydrogens (primary N) is 1. The Balaban J connectivity index is 0.779. The number of phenols is 2. The first-order valence-corrected chi connectivity index (χ1v) is 30.6. The highest BCUT2D eigenvalue weighted by Crippen LogP contribution is 2.53. The van der Waals surface area contributed by atoms with Crippen molar-refractivity contribution in [3.05, 3.63) is 88.4 Å². The molecule has 0 aliphatic carbocycles. The second kappa shape index (κ2) is 21.0. The number of benzene rings is 4. The molecule has 8 saturated heterocycles. The average molecular weight is 1230 g/mol. The zero-order valence-corrected chi connectivity index (χ0v) is 48.6. The minimum atomic E-state index is -1.42. The minimum absolute atomic E-state index is 0.00326. The number of rotatable bonds is 11.